The second-order valence-corrected chi connectivity index (χ2v) is 6.41. The molecule has 112 valence electrons. The molecular weight excluding hydrogens is 240 g/mol. The molecule has 0 spiro atoms. The number of rotatable bonds is 8. The van der Waals surface area contributed by atoms with E-state index in [4.69, 9.17) is 15.7 Å². The van der Waals surface area contributed by atoms with Crippen LogP contribution in [-0.2, 0) is 4.74 Å². The zero-order valence-electron chi connectivity index (χ0n) is 12.5. The Bertz CT molecular complexity index is 271. The third-order valence-corrected chi connectivity index (χ3v) is 4.22. The van der Waals surface area contributed by atoms with E-state index in [0.29, 0.717) is 5.84 Å². The van der Waals surface area contributed by atoms with Gasteiger partial charge in [-0.1, -0.05) is 44.7 Å². The van der Waals surface area contributed by atoms with Crippen LogP contribution in [0, 0.1) is 11.3 Å². The van der Waals surface area contributed by atoms with Crippen molar-refractivity contribution >= 4 is 5.84 Å². The second-order valence-electron chi connectivity index (χ2n) is 6.41. The first kappa shape index (κ1) is 16.3. The molecule has 0 aromatic rings. The first-order valence-corrected chi connectivity index (χ1v) is 7.62. The van der Waals surface area contributed by atoms with E-state index >= 15 is 0 Å². The largest absolute Gasteiger partial charge is 0.409 e. The molecule has 0 radical (unpaired) electrons. The van der Waals surface area contributed by atoms with Gasteiger partial charge >= 0.3 is 0 Å². The highest BCUT2D eigenvalue weighted by atomic mass is 16.5. The van der Waals surface area contributed by atoms with Crippen LogP contribution in [0.2, 0.25) is 0 Å². The lowest BCUT2D eigenvalue weighted by Gasteiger charge is -2.23. The summed E-state index contributed by atoms with van der Waals surface area (Å²) < 4.78 is 5.76. The smallest absolute Gasteiger partial charge is 0.144 e. The minimum absolute atomic E-state index is 0.224. The maximum atomic E-state index is 8.69. The predicted molar refractivity (Wildman–Crippen MR) is 78.4 cm³/mol. The monoisotopic (exact) mass is 270 g/mol. The second kappa shape index (κ2) is 8.41. The van der Waals surface area contributed by atoms with Crippen LogP contribution in [0.4, 0.5) is 0 Å². The molecule has 0 amide bonds. The molecule has 1 saturated carbocycles. The van der Waals surface area contributed by atoms with Crippen LogP contribution in [0.3, 0.4) is 0 Å². The fraction of sp³-hybridized carbons (Fsp3) is 0.933. The van der Waals surface area contributed by atoms with Crippen LogP contribution in [0.1, 0.15) is 65.2 Å². The molecule has 19 heavy (non-hydrogen) atoms. The van der Waals surface area contributed by atoms with Crippen molar-refractivity contribution in [1.29, 1.82) is 0 Å². The lowest BCUT2D eigenvalue weighted by Crippen LogP contribution is -2.31. The summed E-state index contributed by atoms with van der Waals surface area (Å²) in [5, 5.41) is 11.8. The van der Waals surface area contributed by atoms with Gasteiger partial charge in [0.25, 0.3) is 0 Å². The van der Waals surface area contributed by atoms with E-state index in [0.717, 1.165) is 38.4 Å². The van der Waals surface area contributed by atoms with Crippen molar-refractivity contribution in [3.05, 3.63) is 0 Å². The Balaban J connectivity index is 2.01. The molecule has 0 aromatic carbocycles. The third-order valence-electron chi connectivity index (χ3n) is 4.22. The summed E-state index contributed by atoms with van der Waals surface area (Å²) in [6.45, 7) is 5.78. The Hall–Kier alpha value is -0.770. The lowest BCUT2D eigenvalue weighted by atomic mass is 9.86. The maximum absolute atomic E-state index is 8.69. The molecule has 0 bridgehead atoms. The van der Waals surface area contributed by atoms with Gasteiger partial charge in [0, 0.05) is 18.6 Å². The molecule has 4 nitrogen and oxygen atoms in total. The summed E-state index contributed by atoms with van der Waals surface area (Å²) in [4.78, 5) is 0. The number of oxime groups is 1. The molecule has 0 heterocycles. The number of ether oxygens (including phenoxy) is 1. The average molecular weight is 270 g/mol. The van der Waals surface area contributed by atoms with E-state index < -0.39 is 0 Å². The van der Waals surface area contributed by atoms with Crippen molar-refractivity contribution in [2.24, 2.45) is 22.2 Å². The molecule has 1 aliphatic carbocycles. The Morgan fingerprint density at radius 1 is 1.26 bits per heavy atom. The van der Waals surface area contributed by atoms with Crippen LogP contribution in [-0.4, -0.2) is 24.3 Å². The molecule has 1 fully saturated rings. The Labute approximate surface area is 117 Å². The normalized spacial score (nSPS) is 18.7. The predicted octanol–water partition coefficient (Wildman–Crippen LogP) is 3.53. The van der Waals surface area contributed by atoms with Gasteiger partial charge in [0.05, 0.1) is 0 Å². The molecule has 1 aliphatic rings. The molecule has 1 rings (SSSR count). The van der Waals surface area contributed by atoms with E-state index in [9.17, 15) is 0 Å². The molecule has 4 heteroatoms. The van der Waals surface area contributed by atoms with Crippen molar-refractivity contribution < 1.29 is 9.94 Å². The number of hydrogen-bond donors (Lipinski definition) is 2. The van der Waals surface area contributed by atoms with Crippen molar-refractivity contribution in [2.75, 3.05) is 13.2 Å². The maximum Gasteiger partial charge on any atom is 0.144 e. The van der Waals surface area contributed by atoms with Gasteiger partial charge in [-0.05, 0) is 31.6 Å². The van der Waals surface area contributed by atoms with Crippen molar-refractivity contribution in [1.82, 2.24) is 0 Å². The average Bonchev–Trinajstić information content (AvgIpc) is 2.42. The van der Waals surface area contributed by atoms with Crippen LogP contribution in [0.25, 0.3) is 0 Å². The fourth-order valence-corrected chi connectivity index (χ4v) is 2.64. The Morgan fingerprint density at radius 2 is 1.95 bits per heavy atom. The van der Waals surface area contributed by atoms with Gasteiger partial charge in [-0.15, -0.1) is 0 Å². The summed E-state index contributed by atoms with van der Waals surface area (Å²) in [5.41, 5.74) is 5.43. The molecule has 0 aliphatic heterocycles. The number of amidine groups is 1. The molecular formula is C15H30N2O2. The molecule has 0 saturated heterocycles. The molecule has 3 N–H and O–H groups in total. The Kier molecular flexibility index (Phi) is 7.21. The third kappa shape index (κ3) is 6.28. The number of nitrogens with zero attached hydrogens (tertiary/aromatic N) is 1. The first-order chi connectivity index (χ1) is 9.06. The van der Waals surface area contributed by atoms with E-state index in [1.165, 1.54) is 32.1 Å². The highest BCUT2D eigenvalue weighted by molar-refractivity contribution is 5.85. The van der Waals surface area contributed by atoms with E-state index in [1.807, 2.05) is 13.8 Å². The minimum Gasteiger partial charge on any atom is -0.409 e. The van der Waals surface area contributed by atoms with Crippen molar-refractivity contribution in [3.63, 3.8) is 0 Å². The van der Waals surface area contributed by atoms with Crippen LogP contribution >= 0.6 is 0 Å². The number of hydrogen-bond acceptors (Lipinski definition) is 3. The first-order valence-electron chi connectivity index (χ1n) is 7.62. The fourth-order valence-electron chi connectivity index (χ4n) is 2.64. The van der Waals surface area contributed by atoms with Gasteiger partial charge in [-0.25, -0.2) is 0 Å². The highest BCUT2D eigenvalue weighted by Crippen LogP contribution is 2.25. The van der Waals surface area contributed by atoms with Crippen LogP contribution < -0.4 is 5.73 Å². The van der Waals surface area contributed by atoms with Gasteiger partial charge in [0.15, 0.2) is 0 Å². The quantitative estimate of drug-likeness (QED) is 0.233. The molecule has 0 atom stereocenters. The summed E-state index contributed by atoms with van der Waals surface area (Å²) in [7, 11) is 0. The van der Waals surface area contributed by atoms with Crippen LogP contribution in [0.5, 0.6) is 0 Å². The van der Waals surface area contributed by atoms with Crippen LogP contribution in [0.15, 0.2) is 5.16 Å². The number of unbranched alkanes of at least 4 members (excludes halogenated alkanes) is 1. The van der Waals surface area contributed by atoms with E-state index in [2.05, 4.69) is 5.16 Å². The summed E-state index contributed by atoms with van der Waals surface area (Å²) in [5.74, 6) is 1.11. The van der Waals surface area contributed by atoms with Gasteiger partial charge in [0.1, 0.15) is 5.84 Å². The topological polar surface area (TPSA) is 67.8 Å². The van der Waals surface area contributed by atoms with Gasteiger partial charge in [-0.2, -0.15) is 0 Å². The Morgan fingerprint density at radius 3 is 2.58 bits per heavy atom. The SMILES string of the molecule is CC(C)(CCCCOCC1CCCCC1)C(N)=NO. The number of nitrogens with two attached hydrogens (primary N) is 1. The van der Waals surface area contributed by atoms with E-state index in [1.54, 1.807) is 0 Å². The summed E-state index contributed by atoms with van der Waals surface area (Å²) in [6.07, 6.45) is 9.87. The van der Waals surface area contributed by atoms with E-state index in [-0.39, 0.29) is 5.41 Å². The lowest BCUT2D eigenvalue weighted by molar-refractivity contribution is 0.0817. The zero-order chi connectivity index (χ0) is 14.1. The molecule has 0 aromatic heterocycles. The van der Waals surface area contributed by atoms with Crippen molar-refractivity contribution in [3.8, 4) is 0 Å². The minimum atomic E-state index is -0.224. The van der Waals surface area contributed by atoms with Gasteiger partial charge in [-0.3, -0.25) is 0 Å². The van der Waals surface area contributed by atoms with Gasteiger partial charge < -0.3 is 15.7 Å². The van der Waals surface area contributed by atoms with Gasteiger partial charge in [0.2, 0.25) is 0 Å². The summed E-state index contributed by atoms with van der Waals surface area (Å²) >= 11 is 0. The van der Waals surface area contributed by atoms with Crippen molar-refractivity contribution in [2.45, 2.75) is 65.2 Å². The summed E-state index contributed by atoms with van der Waals surface area (Å²) in [6, 6.07) is 0. The standard InChI is InChI=1S/C15H30N2O2/c1-15(2,14(16)17-18)10-6-7-11-19-12-13-8-4-3-5-9-13/h13,18H,3-12H2,1-2H3,(H2,16,17). The molecule has 0 unspecified atom stereocenters. The highest BCUT2D eigenvalue weighted by Gasteiger charge is 2.22. The zero-order valence-corrected chi connectivity index (χ0v) is 12.5.